The lowest BCUT2D eigenvalue weighted by Gasteiger charge is -2.32. The van der Waals surface area contributed by atoms with Crippen molar-refractivity contribution in [2.75, 3.05) is 0 Å². The molecule has 0 unspecified atom stereocenters. The smallest absolute Gasteiger partial charge is 0.248 e. The molecule has 0 atom stereocenters. The summed E-state index contributed by atoms with van der Waals surface area (Å²) < 4.78 is 5.10. The first-order valence-electron chi connectivity index (χ1n) is 18.1. The van der Waals surface area contributed by atoms with Crippen molar-refractivity contribution in [3.8, 4) is 5.69 Å². The average molecular weight is 628 g/mol. The number of rotatable bonds is 2. The molecule has 3 nitrogen and oxygen atoms in total. The predicted octanol–water partition coefficient (Wildman–Crippen LogP) is 8.31. The number of aromatic nitrogens is 3. The molecule has 9 aromatic rings. The number of benzene rings is 7. The minimum Gasteiger partial charge on any atom is -0.280 e. The van der Waals surface area contributed by atoms with E-state index in [-0.39, 0.29) is 6.71 Å². The van der Waals surface area contributed by atoms with Gasteiger partial charge < -0.3 is 0 Å². The van der Waals surface area contributed by atoms with E-state index >= 15 is 0 Å². The summed E-state index contributed by atoms with van der Waals surface area (Å²) in [5, 5.41) is 8.25. The van der Waals surface area contributed by atoms with Crippen molar-refractivity contribution >= 4 is 83.3 Å². The maximum absolute atomic E-state index is 5.70. The Kier molecular flexibility index (Phi) is 5.00. The molecule has 0 spiro atoms. The molecule has 0 bridgehead atoms. The van der Waals surface area contributed by atoms with Crippen LogP contribution < -0.4 is 16.4 Å². The molecule has 7 aromatic carbocycles. The van der Waals surface area contributed by atoms with E-state index in [1.165, 1.54) is 102 Å². The summed E-state index contributed by atoms with van der Waals surface area (Å²) in [5.74, 6) is 1.02. The van der Waals surface area contributed by atoms with Crippen LogP contribution in [0.1, 0.15) is 46.2 Å². The Balaban J connectivity index is 1.43. The zero-order valence-electron chi connectivity index (χ0n) is 27.9. The molecule has 12 rings (SSSR count). The van der Waals surface area contributed by atoms with Crippen LogP contribution >= 0.6 is 0 Å². The quantitative estimate of drug-likeness (QED) is 0.140. The lowest BCUT2D eigenvalue weighted by atomic mass is 9.33. The Morgan fingerprint density at radius 2 is 1.37 bits per heavy atom. The number of para-hydroxylation sites is 1. The second kappa shape index (κ2) is 9.21. The molecule has 1 aliphatic heterocycles. The molecule has 0 N–H and O–H groups in total. The van der Waals surface area contributed by atoms with Gasteiger partial charge >= 0.3 is 0 Å². The van der Waals surface area contributed by atoms with Crippen molar-refractivity contribution in [1.82, 2.24) is 14.0 Å². The molecule has 0 fully saturated rings. The number of hydrogen-bond donors (Lipinski definition) is 0. The van der Waals surface area contributed by atoms with Crippen molar-refractivity contribution in [3.63, 3.8) is 0 Å². The standard InChI is InChI=1S/C45H34BN3/c1-25-11-8-12-26(2)40(25)46-41-34-22-21-27-13-6-7-17-30(27)35(34)24-36-43(41)49-44-39-37(48(45(49)47-36)29-15-4-3-5-16-29)23-28-14-9-18-31(28)38(39)32-19-10-20-33(32)42(44)46/h3-8,11-13,15-17,21-24H,9-10,14,18-20H2,1-2H3. The number of fused-ring (bicyclic) bond motifs is 9. The van der Waals surface area contributed by atoms with Gasteiger partial charge in [0.25, 0.3) is 0 Å². The van der Waals surface area contributed by atoms with Crippen molar-refractivity contribution in [2.45, 2.75) is 52.4 Å². The van der Waals surface area contributed by atoms with Crippen LogP contribution in [0.25, 0.3) is 65.8 Å². The minimum atomic E-state index is 0.126. The van der Waals surface area contributed by atoms with Gasteiger partial charge in [0, 0.05) is 11.1 Å². The molecule has 3 aliphatic rings. The molecule has 2 aliphatic carbocycles. The van der Waals surface area contributed by atoms with Crippen molar-refractivity contribution < 1.29 is 0 Å². The summed E-state index contributed by atoms with van der Waals surface area (Å²) in [6.07, 6.45) is 7.13. The minimum absolute atomic E-state index is 0.126. The van der Waals surface area contributed by atoms with Gasteiger partial charge in [0.1, 0.15) is 0 Å². The van der Waals surface area contributed by atoms with Crippen LogP contribution in [0, 0.1) is 13.8 Å². The third-order valence-corrected chi connectivity index (χ3v) is 12.5. The molecule has 49 heavy (non-hydrogen) atoms. The Hall–Kier alpha value is -5.35. The maximum atomic E-state index is 5.70. The maximum Gasteiger partial charge on any atom is 0.248 e. The first kappa shape index (κ1) is 26.6. The molecule has 4 heteroatoms. The van der Waals surface area contributed by atoms with Crippen molar-refractivity contribution in [2.24, 2.45) is 0 Å². The predicted molar refractivity (Wildman–Crippen MR) is 207 cm³/mol. The first-order valence-corrected chi connectivity index (χ1v) is 18.1. The van der Waals surface area contributed by atoms with E-state index in [1.54, 1.807) is 27.6 Å². The summed E-state index contributed by atoms with van der Waals surface area (Å²) >= 11 is 0. The average Bonchev–Trinajstić information content (AvgIpc) is 3.89. The Morgan fingerprint density at radius 3 is 2.24 bits per heavy atom. The molecule has 0 radical (unpaired) electrons. The van der Waals surface area contributed by atoms with Crippen LogP contribution in [0.4, 0.5) is 0 Å². The van der Waals surface area contributed by atoms with E-state index in [0.29, 0.717) is 0 Å². The summed E-state index contributed by atoms with van der Waals surface area (Å²) in [6, 6.07) is 36.5. The molecule has 0 amide bonds. The largest absolute Gasteiger partial charge is 0.280 e. The normalized spacial score (nSPS) is 15.0. The number of hydrogen-bond acceptors (Lipinski definition) is 1. The summed E-state index contributed by atoms with van der Waals surface area (Å²) in [6.45, 7) is 4.79. The number of imidazole rings is 1. The van der Waals surface area contributed by atoms with Crippen LogP contribution in [0.3, 0.4) is 0 Å². The van der Waals surface area contributed by atoms with E-state index in [1.807, 2.05) is 0 Å². The van der Waals surface area contributed by atoms with Gasteiger partial charge in [-0.2, -0.15) is 0 Å². The molecule has 232 valence electrons. The van der Waals surface area contributed by atoms with E-state index in [2.05, 4.69) is 120 Å². The van der Waals surface area contributed by atoms with Crippen LogP contribution in [-0.4, -0.2) is 20.7 Å². The number of nitrogens with zero attached hydrogens (tertiary/aromatic N) is 3. The fraction of sp³-hybridized carbons (Fsp3) is 0.178. The molecule has 2 aromatic heterocycles. The zero-order valence-corrected chi connectivity index (χ0v) is 27.9. The van der Waals surface area contributed by atoms with Gasteiger partial charge in [0.2, 0.25) is 12.5 Å². The van der Waals surface area contributed by atoms with Crippen molar-refractivity contribution in [3.05, 3.63) is 130 Å². The van der Waals surface area contributed by atoms with Gasteiger partial charge in [-0.25, -0.2) is 4.98 Å². The van der Waals surface area contributed by atoms with Gasteiger partial charge in [0.15, 0.2) is 0 Å². The van der Waals surface area contributed by atoms with Gasteiger partial charge in [-0.1, -0.05) is 89.4 Å². The highest BCUT2D eigenvalue weighted by Gasteiger charge is 2.41. The number of aryl methyl sites for hydroxylation is 5. The van der Waals surface area contributed by atoms with Crippen molar-refractivity contribution in [1.29, 1.82) is 0 Å². The van der Waals surface area contributed by atoms with Gasteiger partial charge in [-0.05, 0) is 137 Å². The molecule has 0 saturated heterocycles. The summed E-state index contributed by atoms with van der Waals surface area (Å²) in [5.41, 5.74) is 19.9. The molecular formula is C45H34BN3. The zero-order chi connectivity index (χ0) is 32.1. The Labute approximate surface area is 284 Å². The topological polar surface area (TPSA) is 22.2 Å². The highest BCUT2D eigenvalue weighted by molar-refractivity contribution is 7.00. The third-order valence-electron chi connectivity index (χ3n) is 12.5. The van der Waals surface area contributed by atoms with Gasteiger partial charge in [0.05, 0.1) is 22.1 Å². The second-order valence-electron chi connectivity index (χ2n) is 14.9. The van der Waals surface area contributed by atoms with Gasteiger partial charge in [-0.15, -0.1) is 0 Å². The first-order chi connectivity index (χ1) is 24.2. The van der Waals surface area contributed by atoms with E-state index in [9.17, 15) is 0 Å². The Morgan fingerprint density at radius 1 is 0.592 bits per heavy atom. The van der Waals surface area contributed by atoms with Gasteiger partial charge in [-0.3, -0.25) is 8.97 Å². The van der Waals surface area contributed by atoms with E-state index in [4.69, 9.17) is 4.98 Å². The van der Waals surface area contributed by atoms with E-state index in [0.717, 1.165) is 24.1 Å². The highest BCUT2D eigenvalue weighted by atomic mass is 15.2. The van der Waals surface area contributed by atoms with Crippen LogP contribution in [-0.2, 0) is 25.7 Å². The fourth-order valence-corrected chi connectivity index (χ4v) is 10.7. The van der Waals surface area contributed by atoms with E-state index < -0.39 is 0 Å². The summed E-state index contributed by atoms with van der Waals surface area (Å²) in [4.78, 5) is 5.70. The van der Waals surface area contributed by atoms with Crippen LogP contribution in [0.5, 0.6) is 0 Å². The lowest BCUT2D eigenvalue weighted by molar-refractivity contribution is 0.909. The highest BCUT2D eigenvalue weighted by Crippen LogP contribution is 2.45. The molecule has 3 heterocycles. The lowest BCUT2D eigenvalue weighted by Crippen LogP contribution is -2.58. The van der Waals surface area contributed by atoms with Crippen LogP contribution in [0.15, 0.2) is 97.1 Å². The molecular weight excluding hydrogens is 593 g/mol. The Bertz CT molecular complexity index is 2940. The monoisotopic (exact) mass is 627 g/mol. The molecule has 0 saturated carbocycles. The second-order valence-corrected chi connectivity index (χ2v) is 14.9. The fourth-order valence-electron chi connectivity index (χ4n) is 10.7. The third kappa shape index (κ3) is 3.19. The van der Waals surface area contributed by atoms with Crippen LogP contribution in [0.2, 0.25) is 0 Å². The summed E-state index contributed by atoms with van der Waals surface area (Å²) in [7, 11) is 0. The SMILES string of the molecule is Cc1cccc(C)c1B1c2c3ccc4ccccc4c3cc3nc4n(-c5ccccc5)c5cc6c(c7c8c(c1c(c75)n4c23)CCC8)CCC6.